The summed E-state index contributed by atoms with van der Waals surface area (Å²) in [7, 11) is -13.9. The zero-order valence-electron chi connectivity index (χ0n) is 15.4. The Morgan fingerprint density at radius 1 is 0.938 bits per heavy atom. The molecule has 1 aromatic rings. The standard InChI is InChI=1S/C9H13N3O5.3H3O4P/c10-6-7(15)4(3-13)17-8(6)12-2-1-5(14)11-9(12)16;3*1-5(2,3)4/h1-2,4,6-8,13,15H,3,10H2,(H,11,14,16);3*(H3,1,2,3,4)/t4-,6?,7-,8-;;;/m1.../s1. The maximum absolute atomic E-state index is 11.5. The van der Waals surface area contributed by atoms with Gasteiger partial charge in [0.2, 0.25) is 0 Å². The summed E-state index contributed by atoms with van der Waals surface area (Å²) in [6.45, 7) is -0.399. The number of rotatable bonds is 2. The summed E-state index contributed by atoms with van der Waals surface area (Å²) in [6, 6.07) is 0.298. The van der Waals surface area contributed by atoms with Crippen LogP contribution in [0.15, 0.2) is 21.9 Å². The van der Waals surface area contributed by atoms with Crippen LogP contribution in [0, 0.1) is 0 Å². The maximum Gasteiger partial charge on any atom is 0.466 e. The van der Waals surface area contributed by atoms with Crippen LogP contribution in [0.3, 0.4) is 0 Å². The number of hydrogen-bond acceptors (Lipinski definition) is 9. The number of nitrogens with one attached hydrogen (secondary N) is 1. The summed E-state index contributed by atoms with van der Waals surface area (Å²) >= 11 is 0. The zero-order valence-corrected chi connectivity index (χ0v) is 18.1. The zero-order chi connectivity index (χ0) is 26.1. The van der Waals surface area contributed by atoms with Gasteiger partial charge in [-0.1, -0.05) is 0 Å². The first kappa shape index (κ1) is 33.0. The van der Waals surface area contributed by atoms with Gasteiger partial charge in [0, 0.05) is 12.3 Å². The molecule has 1 unspecified atom stereocenters. The average Bonchev–Trinajstić information content (AvgIpc) is 2.78. The van der Waals surface area contributed by atoms with Crippen LogP contribution in [0.4, 0.5) is 0 Å². The van der Waals surface area contributed by atoms with E-state index in [0.29, 0.717) is 0 Å². The molecule has 0 saturated carbocycles. The van der Waals surface area contributed by atoms with Gasteiger partial charge in [-0.05, 0) is 0 Å². The summed E-state index contributed by atoms with van der Waals surface area (Å²) in [5, 5.41) is 18.6. The van der Waals surface area contributed by atoms with Gasteiger partial charge in [0.25, 0.3) is 5.56 Å². The molecule has 0 radical (unpaired) electrons. The van der Waals surface area contributed by atoms with E-state index < -0.39 is 65.8 Å². The second-order valence-corrected chi connectivity index (χ2v) is 8.45. The van der Waals surface area contributed by atoms with Crippen molar-refractivity contribution in [2.45, 2.75) is 24.5 Å². The van der Waals surface area contributed by atoms with Crippen molar-refractivity contribution in [1.29, 1.82) is 0 Å². The molecular formula is C9H22N3O17P3. The van der Waals surface area contributed by atoms with Crippen molar-refractivity contribution in [3.8, 4) is 0 Å². The molecule has 2 heterocycles. The average molecular weight is 537 g/mol. The minimum absolute atomic E-state index is 0.399. The summed E-state index contributed by atoms with van der Waals surface area (Å²) < 4.78 is 33.0. The normalized spacial score (nSPS) is 23.0. The van der Waals surface area contributed by atoms with E-state index in [0.717, 1.165) is 10.6 Å². The quantitative estimate of drug-likeness (QED) is 0.156. The third-order valence-corrected chi connectivity index (χ3v) is 2.72. The highest BCUT2D eigenvalue weighted by Crippen LogP contribution is 2.27. The molecule has 2 rings (SSSR count). The smallest absolute Gasteiger partial charge is 0.394 e. The van der Waals surface area contributed by atoms with E-state index in [2.05, 4.69) is 4.98 Å². The minimum Gasteiger partial charge on any atom is -0.394 e. The van der Waals surface area contributed by atoms with Gasteiger partial charge >= 0.3 is 29.2 Å². The highest BCUT2D eigenvalue weighted by atomic mass is 31.2. The summed E-state index contributed by atoms with van der Waals surface area (Å²) in [5.41, 5.74) is 4.48. The van der Waals surface area contributed by atoms with Crippen molar-refractivity contribution in [1.82, 2.24) is 9.55 Å². The van der Waals surface area contributed by atoms with E-state index in [1.54, 1.807) is 0 Å². The van der Waals surface area contributed by atoms with Crippen LogP contribution in [0.5, 0.6) is 0 Å². The summed E-state index contributed by atoms with van der Waals surface area (Å²) in [4.78, 5) is 89.1. The van der Waals surface area contributed by atoms with Crippen molar-refractivity contribution in [2.75, 3.05) is 6.61 Å². The molecule has 1 saturated heterocycles. The fourth-order valence-corrected chi connectivity index (χ4v) is 1.80. The summed E-state index contributed by atoms with van der Waals surface area (Å²) in [6.07, 6.45) is -1.58. The molecule has 20 nitrogen and oxygen atoms in total. The van der Waals surface area contributed by atoms with Crippen molar-refractivity contribution >= 4 is 23.5 Å². The highest BCUT2D eigenvalue weighted by Gasteiger charge is 2.42. The minimum atomic E-state index is -4.64. The molecule has 190 valence electrons. The van der Waals surface area contributed by atoms with E-state index in [1.165, 1.54) is 6.20 Å². The molecule has 14 N–H and O–H groups in total. The van der Waals surface area contributed by atoms with Crippen molar-refractivity contribution in [2.24, 2.45) is 5.73 Å². The van der Waals surface area contributed by atoms with Gasteiger partial charge in [0.1, 0.15) is 12.2 Å². The van der Waals surface area contributed by atoms with E-state index in [1.807, 2.05) is 0 Å². The first-order valence-electron chi connectivity index (χ1n) is 7.41. The van der Waals surface area contributed by atoms with Gasteiger partial charge in [-0.15, -0.1) is 0 Å². The number of aliphatic hydroxyl groups is 2. The SMILES string of the molecule is NC1[C@H](n2ccc(=O)[nH]c2=O)O[C@H](CO)[C@H]1O.O=P(O)(O)O.O=P(O)(O)O.O=P(O)(O)O. The number of aromatic nitrogens is 2. The third-order valence-electron chi connectivity index (χ3n) is 2.72. The fourth-order valence-electron chi connectivity index (χ4n) is 1.80. The Bertz CT molecular complexity index is 872. The lowest BCUT2D eigenvalue weighted by Crippen LogP contribution is -2.42. The molecule has 0 aliphatic carbocycles. The van der Waals surface area contributed by atoms with Crippen LogP contribution in [0.25, 0.3) is 0 Å². The monoisotopic (exact) mass is 537 g/mol. The largest absolute Gasteiger partial charge is 0.466 e. The molecule has 1 aliphatic heterocycles. The van der Waals surface area contributed by atoms with Crippen LogP contribution in [0.1, 0.15) is 6.23 Å². The number of nitrogens with zero attached hydrogens (tertiary/aromatic N) is 1. The predicted octanol–water partition coefficient (Wildman–Crippen LogP) is -5.67. The van der Waals surface area contributed by atoms with Gasteiger partial charge in [0.15, 0.2) is 6.23 Å². The maximum atomic E-state index is 11.5. The van der Waals surface area contributed by atoms with E-state index in [4.69, 9.17) is 73.3 Å². The Labute approximate surface area is 176 Å². The number of H-pyrrole nitrogens is 1. The van der Waals surface area contributed by atoms with Gasteiger partial charge < -0.3 is 64.7 Å². The molecule has 32 heavy (non-hydrogen) atoms. The lowest BCUT2D eigenvalue weighted by atomic mass is 10.1. The molecule has 4 atom stereocenters. The van der Waals surface area contributed by atoms with Crippen LogP contribution in [0.2, 0.25) is 0 Å². The van der Waals surface area contributed by atoms with Gasteiger partial charge in [-0.3, -0.25) is 14.3 Å². The molecule has 0 amide bonds. The van der Waals surface area contributed by atoms with Gasteiger partial charge in [0.05, 0.1) is 12.6 Å². The number of hydrogen-bond donors (Lipinski definition) is 13. The molecule has 1 aliphatic rings. The van der Waals surface area contributed by atoms with Gasteiger partial charge in [-0.25, -0.2) is 18.5 Å². The molecular weight excluding hydrogens is 515 g/mol. The van der Waals surface area contributed by atoms with E-state index in [-0.39, 0.29) is 0 Å². The van der Waals surface area contributed by atoms with Gasteiger partial charge in [-0.2, -0.15) is 0 Å². The summed E-state index contributed by atoms with van der Waals surface area (Å²) in [5.74, 6) is 0. The predicted molar refractivity (Wildman–Crippen MR) is 99.1 cm³/mol. The Morgan fingerprint density at radius 3 is 1.59 bits per heavy atom. The number of nitrogens with two attached hydrogens (primary N) is 1. The van der Waals surface area contributed by atoms with Crippen molar-refractivity contribution in [3.63, 3.8) is 0 Å². The molecule has 23 heteroatoms. The number of phosphoric acid groups is 3. The Kier molecular flexibility index (Phi) is 14.0. The lowest BCUT2D eigenvalue weighted by molar-refractivity contribution is -0.0465. The Balaban J connectivity index is 0. The number of ether oxygens (including phenoxy) is 1. The number of aliphatic hydroxyl groups excluding tert-OH is 2. The van der Waals surface area contributed by atoms with Crippen LogP contribution < -0.4 is 17.0 Å². The van der Waals surface area contributed by atoms with Crippen LogP contribution >= 0.6 is 23.5 Å². The molecule has 1 fully saturated rings. The topological polar surface area (TPSA) is 364 Å². The molecule has 0 bridgehead atoms. The van der Waals surface area contributed by atoms with Crippen molar-refractivity contribution in [3.05, 3.63) is 33.1 Å². The molecule has 0 aromatic carbocycles. The molecule has 0 spiro atoms. The first-order valence-corrected chi connectivity index (χ1v) is 12.1. The van der Waals surface area contributed by atoms with E-state index >= 15 is 0 Å². The van der Waals surface area contributed by atoms with Crippen LogP contribution in [-0.4, -0.2) is 88.7 Å². The lowest BCUT2D eigenvalue weighted by Gasteiger charge is -2.17. The highest BCUT2D eigenvalue weighted by molar-refractivity contribution is 7.45. The van der Waals surface area contributed by atoms with E-state index in [9.17, 15) is 14.7 Å². The third kappa shape index (κ3) is 19.5. The fraction of sp³-hybridized carbons (Fsp3) is 0.556. The molecule has 1 aromatic heterocycles. The second-order valence-electron chi connectivity index (χ2n) is 5.37. The second kappa shape index (κ2) is 13.5. The number of aromatic amines is 1. The van der Waals surface area contributed by atoms with Crippen molar-refractivity contribution < 1.29 is 72.7 Å². The van der Waals surface area contributed by atoms with Crippen LogP contribution in [-0.2, 0) is 18.4 Å². The Morgan fingerprint density at radius 2 is 1.31 bits per heavy atom. The first-order chi connectivity index (χ1) is 14.0. The Hall–Kier alpha value is -1.15.